The van der Waals surface area contributed by atoms with Gasteiger partial charge in [0.2, 0.25) is 5.91 Å². The maximum absolute atomic E-state index is 12.3. The molecular weight excluding hydrogens is 363 g/mol. The van der Waals surface area contributed by atoms with Gasteiger partial charge in [0.25, 0.3) is 5.91 Å². The van der Waals surface area contributed by atoms with Gasteiger partial charge in [0, 0.05) is 18.3 Å². The summed E-state index contributed by atoms with van der Waals surface area (Å²) in [4.78, 5) is 23.6. The Morgan fingerprint density at radius 3 is 2.52 bits per heavy atom. The zero-order chi connectivity index (χ0) is 18.6. The number of aryl methyl sites for hydroxylation is 1. The Morgan fingerprint density at radius 2 is 1.84 bits per heavy atom. The van der Waals surface area contributed by atoms with Crippen LogP contribution in [-0.2, 0) is 9.59 Å². The Hall–Kier alpha value is -2.24. The summed E-state index contributed by atoms with van der Waals surface area (Å²) in [6.45, 7) is 4.90. The quantitative estimate of drug-likeness (QED) is 0.791. The van der Waals surface area contributed by atoms with Crippen LogP contribution in [0.1, 0.15) is 19.4 Å². The molecule has 0 aliphatic carbocycles. The molecule has 0 bridgehead atoms. The van der Waals surface area contributed by atoms with Gasteiger partial charge in [-0.05, 0) is 43.7 Å². The molecule has 2 amide bonds. The lowest BCUT2D eigenvalue weighted by Gasteiger charge is -2.17. The van der Waals surface area contributed by atoms with Crippen LogP contribution in [-0.4, -0.2) is 17.9 Å². The number of benzene rings is 2. The molecule has 0 saturated carbocycles. The Labute approximate surface area is 156 Å². The number of carbonyl (C=O) groups excluding carboxylic acids is 2. The van der Waals surface area contributed by atoms with Crippen molar-refractivity contribution >= 4 is 46.4 Å². The number of rotatable bonds is 5. The van der Waals surface area contributed by atoms with Crippen molar-refractivity contribution in [1.29, 1.82) is 0 Å². The molecule has 2 rings (SSSR count). The average Bonchev–Trinajstić information content (AvgIpc) is 2.54. The van der Waals surface area contributed by atoms with E-state index in [2.05, 4.69) is 10.6 Å². The summed E-state index contributed by atoms with van der Waals surface area (Å²) in [5.74, 6) is -0.202. The third kappa shape index (κ3) is 5.11. The molecule has 0 aliphatic rings. The van der Waals surface area contributed by atoms with E-state index >= 15 is 0 Å². The maximum atomic E-state index is 12.3. The number of halogens is 2. The molecule has 0 aliphatic heterocycles. The second-order valence-corrected chi connectivity index (χ2v) is 6.30. The van der Waals surface area contributed by atoms with Crippen molar-refractivity contribution in [2.45, 2.75) is 26.9 Å². The Morgan fingerprint density at radius 1 is 1.12 bits per heavy atom. The largest absolute Gasteiger partial charge is 0.479 e. The van der Waals surface area contributed by atoms with Gasteiger partial charge in [0.15, 0.2) is 6.10 Å². The summed E-state index contributed by atoms with van der Waals surface area (Å²) in [5.41, 5.74) is 2.08. The Kier molecular flexibility index (Phi) is 6.28. The highest BCUT2D eigenvalue weighted by atomic mass is 35.5. The molecule has 0 saturated heterocycles. The molecule has 1 unspecified atom stereocenters. The first-order chi connectivity index (χ1) is 11.8. The summed E-state index contributed by atoms with van der Waals surface area (Å²) < 4.78 is 5.58. The average molecular weight is 381 g/mol. The predicted octanol–water partition coefficient (Wildman–Crippen LogP) is 4.67. The summed E-state index contributed by atoms with van der Waals surface area (Å²) in [7, 11) is 0. The molecule has 1 atom stereocenters. The molecule has 2 aromatic carbocycles. The summed E-state index contributed by atoms with van der Waals surface area (Å²) >= 11 is 12.0. The first kappa shape index (κ1) is 19.1. The van der Waals surface area contributed by atoms with E-state index in [1.165, 1.54) is 6.92 Å². The second-order valence-electron chi connectivity index (χ2n) is 5.51. The topological polar surface area (TPSA) is 67.4 Å². The van der Waals surface area contributed by atoms with Gasteiger partial charge in [-0.15, -0.1) is 0 Å². The Balaban J connectivity index is 2.08. The first-order valence-corrected chi connectivity index (χ1v) is 8.33. The highest BCUT2D eigenvalue weighted by molar-refractivity contribution is 6.42. The number of hydrogen-bond donors (Lipinski definition) is 2. The standard InChI is InChI=1S/C18H18Cl2N2O3/c1-10-7-8-13(9-15(10)21-12(3)23)22-18(24)11(2)25-16-6-4-5-14(19)17(16)20/h4-9,11H,1-3H3,(H,21,23)(H,22,24). The third-order valence-corrected chi connectivity index (χ3v) is 4.21. The number of anilines is 2. The van der Waals surface area contributed by atoms with Crippen molar-refractivity contribution < 1.29 is 14.3 Å². The van der Waals surface area contributed by atoms with E-state index in [-0.39, 0.29) is 16.8 Å². The van der Waals surface area contributed by atoms with Crippen LogP contribution in [0.15, 0.2) is 36.4 Å². The Bertz CT molecular complexity index is 809. The number of ether oxygens (including phenoxy) is 1. The lowest BCUT2D eigenvalue weighted by atomic mass is 10.1. The van der Waals surface area contributed by atoms with Crippen molar-refractivity contribution in [3.63, 3.8) is 0 Å². The van der Waals surface area contributed by atoms with Gasteiger partial charge in [0.05, 0.1) is 5.02 Å². The van der Waals surface area contributed by atoms with E-state index in [0.29, 0.717) is 22.1 Å². The van der Waals surface area contributed by atoms with Crippen molar-refractivity contribution in [2.75, 3.05) is 10.6 Å². The van der Waals surface area contributed by atoms with Gasteiger partial charge in [-0.2, -0.15) is 0 Å². The molecule has 2 aromatic rings. The van der Waals surface area contributed by atoms with Crippen molar-refractivity contribution in [3.05, 3.63) is 52.0 Å². The van der Waals surface area contributed by atoms with Crippen molar-refractivity contribution in [3.8, 4) is 5.75 Å². The minimum atomic E-state index is -0.790. The molecule has 0 aromatic heterocycles. The second kappa shape index (κ2) is 8.23. The molecule has 5 nitrogen and oxygen atoms in total. The van der Waals surface area contributed by atoms with Crippen molar-refractivity contribution in [2.24, 2.45) is 0 Å². The molecule has 0 radical (unpaired) electrons. The highest BCUT2D eigenvalue weighted by Gasteiger charge is 2.17. The lowest BCUT2D eigenvalue weighted by Crippen LogP contribution is -2.30. The van der Waals surface area contributed by atoms with Crippen LogP contribution in [0.3, 0.4) is 0 Å². The third-order valence-electron chi connectivity index (χ3n) is 3.40. The molecular formula is C18H18Cl2N2O3. The summed E-state index contributed by atoms with van der Waals surface area (Å²) in [5, 5.41) is 6.07. The number of carbonyl (C=O) groups is 2. The van der Waals surface area contributed by atoms with E-state index in [1.807, 2.05) is 6.92 Å². The van der Waals surface area contributed by atoms with E-state index in [9.17, 15) is 9.59 Å². The van der Waals surface area contributed by atoms with Gasteiger partial charge in [0.1, 0.15) is 10.8 Å². The fourth-order valence-electron chi connectivity index (χ4n) is 2.09. The molecule has 0 heterocycles. The normalized spacial score (nSPS) is 11.6. The van der Waals surface area contributed by atoms with Gasteiger partial charge < -0.3 is 15.4 Å². The minimum absolute atomic E-state index is 0.182. The van der Waals surface area contributed by atoms with Crippen molar-refractivity contribution in [1.82, 2.24) is 0 Å². The van der Waals surface area contributed by atoms with Gasteiger partial charge in [-0.25, -0.2) is 0 Å². The van der Waals surface area contributed by atoms with Crippen LogP contribution in [0.4, 0.5) is 11.4 Å². The number of amides is 2. The molecule has 0 fully saturated rings. The SMILES string of the molecule is CC(=O)Nc1cc(NC(=O)C(C)Oc2cccc(Cl)c2Cl)ccc1C. The fourth-order valence-corrected chi connectivity index (χ4v) is 2.42. The van der Waals surface area contributed by atoms with E-state index < -0.39 is 6.10 Å². The molecule has 25 heavy (non-hydrogen) atoms. The summed E-state index contributed by atoms with van der Waals surface area (Å²) in [6, 6.07) is 10.2. The predicted molar refractivity (Wildman–Crippen MR) is 101 cm³/mol. The molecule has 7 heteroatoms. The number of nitrogens with one attached hydrogen (secondary N) is 2. The van der Waals surface area contributed by atoms with Crippen LogP contribution in [0.5, 0.6) is 5.75 Å². The smallest absolute Gasteiger partial charge is 0.265 e. The summed E-state index contributed by atoms with van der Waals surface area (Å²) in [6.07, 6.45) is -0.790. The molecule has 2 N–H and O–H groups in total. The van der Waals surface area contributed by atoms with E-state index in [1.54, 1.807) is 43.3 Å². The minimum Gasteiger partial charge on any atom is -0.479 e. The van der Waals surface area contributed by atoms with Gasteiger partial charge in [-0.1, -0.05) is 35.3 Å². The molecule has 132 valence electrons. The van der Waals surface area contributed by atoms with E-state index in [4.69, 9.17) is 27.9 Å². The van der Waals surface area contributed by atoms with Crippen LogP contribution in [0.25, 0.3) is 0 Å². The maximum Gasteiger partial charge on any atom is 0.265 e. The van der Waals surface area contributed by atoms with Crippen LogP contribution < -0.4 is 15.4 Å². The zero-order valence-corrected chi connectivity index (χ0v) is 15.5. The van der Waals surface area contributed by atoms with E-state index in [0.717, 1.165) is 5.56 Å². The van der Waals surface area contributed by atoms with Crippen LogP contribution in [0.2, 0.25) is 10.0 Å². The fraction of sp³-hybridized carbons (Fsp3) is 0.222. The van der Waals surface area contributed by atoms with Crippen LogP contribution in [0, 0.1) is 6.92 Å². The monoisotopic (exact) mass is 380 g/mol. The lowest BCUT2D eigenvalue weighted by molar-refractivity contribution is -0.122. The van der Waals surface area contributed by atoms with Gasteiger partial charge >= 0.3 is 0 Å². The molecule has 0 spiro atoms. The zero-order valence-electron chi connectivity index (χ0n) is 14.0. The first-order valence-electron chi connectivity index (χ1n) is 7.57. The highest BCUT2D eigenvalue weighted by Crippen LogP contribution is 2.32. The van der Waals surface area contributed by atoms with Gasteiger partial charge in [-0.3, -0.25) is 9.59 Å². The number of hydrogen-bond acceptors (Lipinski definition) is 3. The van der Waals surface area contributed by atoms with Crippen LogP contribution >= 0.6 is 23.2 Å².